The van der Waals surface area contributed by atoms with E-state index in [2.05, 4.69) is 15.9 Å². The summed E-state index contributed by atoms with van der Waals surface area (Å²) in [5, 5.41) is 10.8. The first-order chi connectivity index (χ1) is 8.97. The van der Waals surface area contributed by atoms with Gasteiger partial charge in [-0.25, -0.2) is 8.78 Å². The molecule has 0 heterocycles. The Balaban J connectivity index is 2.45. The zero-order valence-electron chi connectivity index (χ0n) is 9.27. The lowest BCUT2D eigenvalue weighted by Crippen LogP contribution is -1.95. The van der Waals surface area contributed by atoms with E-state index < -0.39 is 22.2 Å². The minimum Gasteiger partial charge on any atom is -0.447 e. The average molecular weight is 330 g/mol. The first-order valence-corrected chi connectivity index (χ1v) is 5.83. The summed E-state index contributed by atoms with van der Waals surface area (Å²) in [7, 11) is 0. The van der Waals surface area contributed by atoms with Gasteiger partial charge in [0.2, 0.25) is 5.75 Å². The van der Waals surface area contributed by atoms with Crippen molar-refractivity contribution in [3.63, 3.8) is 0 Å². The normalized spacial score (nSPS) is 10.3. The molecule has 0 spiro atoms. The summed E-state index contributed by atoms with van der Waals surface area (Å²) in [6.45, 7) is 0. The second-order valence-corrected chi connectivity index (χ2v) is 4.46. The van der Waals surface area contributed by atoms with Gasteiger partial charge in [-0.3, -0.25) is 10.1 Å². The van der Waals surface area contributed by atoms with E-state index in [4.69, 9.17) is 4.74 Å². The zero-order valence-corrected chi connectivity index (χ0v) is 10.9. The molecule has 0 atom stereocenters. The minimum absolute atomic E-state index is 0.233. The maximum absolute atomic E-state index is 13.5. The standard InChI is InChI=1S/C12H6BrF2NO3/c13-7-1-3-9(15)11(5-7)19-12-6-8(14)2-4-10(12)16(17)18/h1-6H. The van der Waals surface area contributed by atoms with Crippen LogP contribution in [-0.4, -0.2) is 4.92 Å². The first kappa shape index (κ1) is 13.4. The van der Waals surface area contributed by atoms with Crippen molar-refractivity contribution in [2.45, 2.75) is 0 Å². The van der Waals surface area contributed by atoms with E-state index in [9.17, 15) is 18.9 Å². The van der Waals surface area contributed by atoms with E-state index in [0.29, 0.717) is 4.47 Å². The van der Waals surface area contributed by atoms with Crippen LogP contribution in [0.25, 0.3) is 0 Å². The Bertz CT molecular complexity index is 649. The van der Waals surface area contributed by atoms with Crippen molar-refractivity contribution >= 4 is 21.6 Å². The second-order valence-electron chi connectivity index (χ2n) is 3.55. The molecule has 0 bridgehead atoms. The molecule has 2 aromatic rings. The molecule has 2 aromatic carbocycles. The topological polar surface area (TPSA) is 52.4 Å². The molecule has 4 nitrogen and oxygen atoms in total. The fourth-order valence-electron chi connectivity index (χ4n) is 1.39. The fraction of sp³-hybridized carbons (Fsp3) is 0. The van der Waals surface area contributed by atoms with E-state index in [0.717, 1.165) is 24.3 Å². The summed E-state index contributed by atoms with van der Waals surface area (Å²) < 4.78 is 32.2. The molecule has 0 saturated carbocycles. The van der Waals surface area contributed by atoms with Gasteiger partial charge in [0.15, 0.2) is 11.6 Å². The van der Waals surface area contributed by atoms with Crippen molar-refractivity contribution in [3.05, 3.63) is 62.6 Å². The predicted octanol–water partition coefficient (Wildman–Crippen LogP) is 4.43. The van der Waals surface area contributed by atoms with E-state index >= 15 is 0 Å². The highest BCUT2D eigenvalue weighted by Gasteiger charge is 2.18. The largest absolute Gasteiger partial charge is 0.447 e. The second kappa shape index (κ2) is 5.31. The molecular weight excluding hydrogens is 324 g/mol. The molecule has 0 aromatic heterocycles. The summed E-state index contributed by atoms with van der Waals surface area (Å²) >= 11 is 3.12. The molecule has 0 aliphatic carbocycles. The Hall–Kier alpha value is -2.02. The van der Waals surface area contributed by atoms with Crippen molar-refractivity contribution in [2.75, 3.05) is 0 Å². The molecule has 0 unspecified atom stereocenters. The van der Waals surface area contributed by atoms with Crippen molar-refractivity contribution in [1.82, 2.24) is 0 Å². The highest BCUT2D eigenvalue weighted by Crippen LogP contribution is 2.34. The van der Waals surface area contributed by atoms with E-state index in [1.54, 1.807) is 0 Å². The van der Waals surface area contributed by atoms with Crippen molar-refractivity contribution in [3.8, 4) is 11.5 Å². The summed E-state index contributed by atoms with van der Waals surface area (Å²) in [5.41, 5.74) is -0.444. The number of halogens is 3. The van der Waals surface area contributed by atoms with E-state index in [1.165, 1.54) is 12.1 Å². The fourth-order valence-corrected chi connectivity index (χ4v) is 1.73. The predicted molar refractivity (Wildman–Crippen MR) is 67.2 cm³/mol. The van der Waals surface area contributed by atoms with E-state index in [1.807, 2.05) is 0 Å². The van der Waals surface area contributed by atoms with Gasteiger partial charge in [-0.15, -0.1) is 0 Å². The number of nitro groups is 1. The van der Waals surface area contributed by atoms with Crippen LogP contribution in [0.1, 0.15) is 0 Å². The van der Waals surface area contributed by atoms with Crippen LogP contribution in [0.4, 0.5) is 14.5 Å². The quantitative estimate of drug-likeness (QED) is 0.618. The molecule has 7 heteroatoms. The molecule has 0 radical (unpaired) electrons. The third-order valence-electron chi connectivity index (χ3n) is 2.23. The molecule has 0 N–H and O–H groups in total. The molecule has 0 aliphatic heterocycles. The van der Waals surface area contributed by atoms with Crippen molar-refractivity contribution in [2.24, 2.45) is 0 Å². The number of rotatable bonds is 3. The summed E-state index contributed by atoms with van der Waals surface area (Å²) in [6.07, 6.45) is 0. The molecule has 0 saturated heterocycles. The number of hydrogen-bond donors (Lipinski definition) is 0. The Morgan fingerprint density at radius 3 is 2.53 bits per heavy atom. The highest BCUT2D eigenvalue weighted by molar-refractivity contribution is 9.10. The third-order valence-corrected chi connectivity index (χ3v) is 2.72. The van der Waals surface area contributed by atoms with Gasteiger partial charge in [-0.05, 0) is 24.3 Å². The van der Waals surface area contributed by atoms with Crippen LogP contribution >= 0.6 is 15.9 Å². The number of benzene rings is 2. The van der Waals surface area contributed by atoms with Crippen LogP contribution in [0.15, 0.2) is 40.9 Å². The number of nitro benzene ring substituents is 1. The van der Waals surface area contributed by atoms with Crippen LogP contribution in [0.2, 0.25) is 0 Å². The molecule has 0 fully saturated rings. The first-order valence-electron chi connectivity index (χ1n) is 5.04. The summed E-state index contributed by atoms with van der Waals surface area (Å²) in [6, 6.07) is 6.60. The smallest absolute Gasteiger partial charge is 0.311 e. The lowest BCUT2D eigenvalue weighted by Gasteiger charge is -2.07. The molecular formula is C12H6BrF2NO3. The number of ether oxygens (including phenoxy) is 1. The number of hydrogen-bond acceptors (Lipinski definition) is 3. The molecule has 0 amide bonds. The Kier molecular flexibility index (Phi) is 3.75. The van der Waals surface area contributed by atoms with Crippen molar-refractivity contribution in [1.29, 1.82) is 0 Å². The maximum Gasteiger partial charge on any atom is 0.311 e. The van der Waals surface area contributed by atoms with E-state index in [-0.39, 0.29) is 11.5 Å². The number of nitrogens with zero attached hydrogens (tertiary/aromatic N) is 1. The van der Waals surface area contributed by atoms with Gasteiger partial charge in [0, 0.05) is 16.6 Å². The van der Waals surface area contributed by atoms with Crippen LogP contribution in [-0.2, 0) is 0 Å². The van der Waals surface area contributed by atoms with Gasteiger partial charge in [0.05, 0.1) is 4.92 Å². The highest BCUT2D eigenvalue weighted by atomic mass is 79.9. The van der Waals surface area contributed by atoms with Crippen LogP contribution in [0, 0.1) is 21.7 Å². The van der Waals surface area contributed by atoms with Gasteiger partial charge in [0.25, 0.3) is 0 Å². The summed E-state index contributed by atoms with van der Waals surface area (Å²) in [5.74, 6) is -2.01. The Morgan fingerprint density at radius 1 is 1.11 bits per heavy atom. The van der Waals surface area contributed by atoms with Gasteiger partial charge < -0.3 is 4.74 Å². The molecule has 2 rings (SSSR count). The third kappa shape index (κ3) is 3.05. The monoisotopic (exact) mass is 329 g/mol. The Labute approximate surface area is 114 Å². The minimum atomic E-state index is -0.731. The summed E-state index contributed by atoms with van der Waals surface area (Å²) in [4.78, 5) is 10.0. The van der Waals surface area contributed by atoms with Crippen LogP contribution < -0.4 is 4.74 Å². The molecule has 98 valence electrons. The average Bonchev–Trinajstić information content (AvgIpc) is 2.33. The lowest BCUT2D eigenvalue weighted by molar-refractivity contribution is -0.385. The SMILES string of the molecule is O=[N+]([O-])c1ccc(F)cc1Oc1cc(Br)ccc1F. The maximum atomic E-state index is 13.5. The van der Waals surface area contributed by atoms with Gasteiger partial charge >= 0.3 is 5.69 Å². The lowest BCUT2D eigenvalue weighted by atomic mass is 10.3. The van der Waals surface area contributed by atoms with Gasteiger partial charge in [-0.2, -0.15) is 0 Å². The van der Waals surface area contributed by atoms with Crippen LogP contribution in [0.3, 0.4) is 0 Å². The van der Waals surface area contributed by atoms with Gasteiger partial charge in [0.1, 0.15) is 5.82 Å². The Morgan fingerprint density at radius 2 is 1.84 bits per heavy atom. The molecule has 0 aliphatic rings. The van der Waals surface area contributed by atoms with Gasteiger partial charge in [-0.1, -0.05) is 15.9 Å². The van der Waals surface area contributed by atoms with Crippen LogP contribution in [0.5, 0.6) is 11.5 Å². The molecule has 19 heavy (non-hydrogen) atoms. The zero-order chi connectivity index (χ0) is 14.0. The van der Waals surface area contributed by atoms with Crippen molar-refractivity contribution < 1.29 is 18.4 Å².